The molecule has 0 radical (unpaired) electrons. The van der Waals surface area contributed by atoms with Gasteiger partial charge in [-0.05, 0) is 17.7 Å². The zero-order valence-electron chi connectivity index (χ0n) is 12.3. The van der Waals surface area contributed by atoms with Gasteiger partial charge >= 0.3 is 0 Å². The first-order valence-corrected chi connectivity index (χ1v) is 7.38. The van der Waals surface area contributed by atoms with Crippen molar-refractivity contribution in [3.63, 3.8) is 0 Å². The van der Waals surface area contributed by atoms with Crippen molar-refractivity contribution in [1.29, 1.82) is 0 Å². The van der Waals surface area contributed by atoms with E-state index in [1.54, 1.807) is 11.0 Å². The highest BCUT2D eigenvalue weighted by molar-refractivity contribution is 5.74. The average molecular weight is 305 g/mol. The summed E-state index contributed by atoms with van der Waals surface area (Å²) in [5, 5.41) is 7.54. The Labute approximate surface area is 132 Å². The second-order valence-electron chi connectivity index (χ2n) is 5.21. The van der Waals surface area contributed by atoms with E-state index in [1.807, 2.05) is 42.5 Å². The molecule has 6 heteroatoms. The summed E-state index contributed by atoms with van der Waals surface area (Å²) in [6.45, 7) is 0.628. The van der Waals surface area contributed by atoms with Crippen molar-refractivity contribution in [3.05, 3.63) is 72.8 Å². The van der Waals surface area contributed by atoms with Crippen LogP contribution >= 0.6 is 0 Å². The second kappa shape index (κ2) is 5.92. The predicted octanol–water partition coefficient (Wildman–Crippen LogP) is 3.27. The summed E-state index contributed by atoms with van der Waals surface area (Å²) in [5.41, 5.74) is 2.73. The average Bonchev–Trinajstić information content (AvgIpc) is 3.24. The summed E-state index contributed by atoms with van der Waals surface area (Å²) in [6.07, 6.45) is 3.23. The van der Waals surface area contributed by atoms with Crippen molar-refractivity contribution in [2.75, 3.05) is 5.32 Å². The summed E-state index contributed by atoms with van der Waals surface area (Å²) >= 11 is 0. The molecule has 0 bridgehead atoms. The Bertz CT molecular complexity index is 853. The van der Waals surface area contributed by atoms with Gasteiger partial charge in [0.15, 0.2) is 5.58 Å². The van der Waals surface area contributed by atoms with Crippen LogP contribution in [0.3, 0.4) is 0 Å². The number of benzene rings is 2. The van der Waals surface area contributed by atoms with E-state index in [1.165, 1.54) is 6.33 Å². The first-order valence-electron chi connectivity index (χ1n) is 7.38. The monoisotopic (exact) mass is 305 g/mol. The molecule has 0 fully saturated rings. The van der Waals surface area contributed by atoms with Crippen LogP contribution in [0.5, 0.6) is 0 Å². The van der Waals surface area contributed by atoms with E-state index in [2.05, 4.69) is 32.5 Å². The van der Waals surface area contributed by atoms with E-state index in [4.69, 9.17) is 4.42 Å². The zero-order valence-corrected chi connectivity index (χ0v) is 12.3. The summed E-state index contributed by atoms with van der Waals surface area (Å²) < 4.78 is 7.56. The van der Waals surface area contributed by atoms with Crippen molar-refractivity contribution in [1.82, 2.24) is 19.7 Å². The number of para-hydroxylation sites is 2. The summed E-state index contributed by atoms with van der Waals surface area (Å²) in [4.78, 5) is 8.48. The Morgan fingerprint density at radius 1 is 1.04 bits per heavy atom. The van der Waals surface area contributed by atoms with E-state index in [0.717, 1.165) is 16.7 Å². The SMILES string of the molecule is c1ccc(C(Cn2cncn2)Nc2nc3ccccc3o2)cc1. The first kappa shape index (κ1) is 13.5. The minimum Gasteiger partial charge on any atom is -0.424 e. The Kier molecular flexibility index (Phi) is 3.48. The molecule has 0 aliphatic carbocycles. The fourth-order valence-corrected chi connectivity index (χ4v) is 2.52. The van der Waals surface area contributed by atoms with Crippen LogP contribution in [0.2, 0.25) is 0 Å². The Hall–Kier alpha value is -3.15. The number of nitrogens with zero attached hydrogens (tertiary/aromatic N) is 4. The minimum atomic E-state index is -0.0223. The lowest BCUT2D eigenvalue weighted by Gasteiger charge is -2.17. The van der Waals surface area contributed by atoms with Gasteiger partial charge in [0.25, 0.3) is 6.01 Å². The minimum absolute atomic E-state index is 0.0223. The molecule has 2 aromatic carbocycles. The van der Waals surface area contributed by atoms with Gasteiger partial charge in [-0.3, -0.25) is 4.68 Å². The van der Waals surface area contributed by atoms with Crippen LogP contribution in [0, 0.1) is 0 Å². The maximum atomic E-state index is 5.77. The van der Waals surface area contributed by atoms with E-state index in [0.29, 0.717) is 12.6 Å². The molecule has 1 atom stereocenters. The second-order valence-corrected chi connectivity index (χ2v) is 5.21. The van der Waals surface area contributed by atoms with E-state index in [-0.39, 0.29) is 6.04 Å². The highest BCUT2D eigenvalue weighted by Crippen LogP contribution is 2.24. The van der Waals surface area contributed by atoms with Crippen LogP contribution in [0.25, 0.3) is 11.1 Å². The van der Waals surface area contributed by atoms with Gasteiger partial charge < -0.3 is 9.73 Å². The molecule has 1 unspecified atom stereocenters. The largest absolute Gasteiger partial charge is 0.424 e. The maximum absolute atomic E-state index is 5.77. The molecular weight excluding hydrogens is 290 g/mol. The number of anilines is 1. The third-order valence-electron chi connectivity index (χ3n) is 3.63. The van der Waals surface area contributed by atoms with Crippen LogP contribution < -0.4 is 5.32 Å². The number of hydrogen-bond donors (Lipinski definition) is 1. The Balaban J connectivity index is 1.64. The van der Waals surface area contributed by atoms with Gasteiger partial charge in [-0.25, -0.2) is 4.98 Å². The van der Waals surface area contributed by atoms with Gasteiger partial charge in [0.2, 0.25) is 0 Å². The summed E-state index contributed by atoms with van der Waals surface area (Å²) in [6, 6.07) is 18.3. The molecule has 1 N–H and O–H groups in total. The van der Waals surface area contributed by atoms with Gasteiger partial charge in [0.05, 0.1) is 12.6 Å². The van der Waals surface area contributed by atoms with Crippen LogP contribution in [0.15, 0.2) is 71.7 Å². The molecule has 0 spiro atoms. The smallest absolute Gasteiger partial charge is 0.296 e. The number of hydrogen-bond acceptors (Lipinski definition) is 5. The van der Waals surface area contributed by atoms with Gasteiger partial charge in [0.1, 0.15) is 18.2 Å². The number of fused-ring (bicyclic) bond motifs is 1. The van der Waals surface area contributed by atoms with Crippen LogP contribution in [0.1, 0.15) is 11.6 Å². The molecule has 4 aromatic rings. The Morgan fingerprint density at radius 2 is 1.87 bits per heavy atom. The number of nitrogens with one attached hydrogen (secondary N) is 1. The van der Waals surface area contributed by atoms with Crippen LogP contribution in [0.4, 0.5) is 6.01 Å². The third kappa shape index (κ3) is 2.91. The molecule has 23 heavy (non-hydrogen) atoms. The Morgan fingerprint density at radius 3 is 2.65 bits per heavy atom. The quantitative estimate of drug-likeness (QED) is 0.613. The lowest BCUT2D eigenvalue weighted by Crippen LogP contribution is -2.18. The number of oxazole rings is 1. The molecule has 0 amide bonds. The van der Waals surface area contributed by atoms with Crippen molar-refractivity contribution in [2.45, 2.75) is 12.6 Å². The third-order valence-corrected chi connectivity index (χ3v) is 3.63. The molecule has 6 nitrogen and oxygen atoms in total. The lowest BCUT2D eigenvalue weighted by atomic mass is 10.1. The lowest BCUT2D eigenvalue weighted by molar-refractivity contribution is 0.526. The molecule has 114 valence electrons. The van der Waals surface area contributed by atoms with Crippen molar-refractivity contribution < 1.29 is 4.42 Å². The molecule has 0 aliphatic heterocycles. The van der Waals surface area contributed by atoms with Crippen LogP contribution in [-0.4, -0.2) is 19.7 Å². The van der Waals surface area contributed by atoms with Gasteiger partial charge in [-0.1, -0.05) is 42.5 Å². The summed E-state index contributed by atoms with van der Waals surface area (Å²) in [5.74, 6) is 0. The topological polar surface area (TPSA) is 68.8 Å². The van der Waals surface area contributed by atoms with Crippen molar-refractivity contribution in [3.8, 4) is 0 Å². The number of rotatable bonds is 5. The fourth-order valence-electron chi connectivity index (χ4n) is 2.52. The zero-order chi connectivity index (χ0) is 15.5. The molecule has 0 saturated heterocycles. The fraction of sp³-hybridized carbons (Fsp3) is 0.118. The van der Waals surface area contributed by atoms with Crippen molar-refractivity contribution in [2.24, 2.45) is 0 Å². The van der Waals surface area contributed by atoms with Gasteiger partial charge in [-0.15, -0.1) is 0 Å². The molecule has 0 saturated carbocycles. The standard InChI is InChI=1S/C17H15N5O/c1-2-6-13(7-3-1)15(10-22-12-18-11-19-22)21-17-20-14-8-4-5-9-16(14)23-17/h1-9,11-12,15H,10H2,(H,20,21). The first-order chi connectivity index (χ1) is 11.4. The van der Waals surface area contributed by atoms with Crippen LogP contribution in [-0.2, 0) is 6.54 Å². The van der Waals surface area contributed by atoms with Crippen molar-refractivity contribution >= 4 is 17.1 Å². The highest BCUT2D eigenvalue weighted by atomic mass is 16.4. The molecule has 2 aromatic heterocycles. The molecule has 0 aliphatic rings. The normalized spacial score (nSPS) is 12.3. The molecule has 2 heterocycles. The van der Waals surface area contributed by atoms with E-state index >= 15 is 0 Å². The van der Waals surface area contributed by atoms with E-state index < -0.39 is 0 Å². The molecular formula is C17H15N5O. The van der Waals surface area contributed by atoms with Gasteiger partial charge in [0, 0.05) is 0 Å². The highest BCUT2D eigenvalue weighted by Gasteiger charge is 2.15. The number of aromatic nitrogens is 4. The van der Waals surface area contributed by atoms with E-state index in [9.17, 15) is 0 Å². The molecule has 4 rings (SSSR count). The maximum Gasteiger partial charge on any atom is 0.296 e. The predicted molar refractivity (Wildman–Crippen MR) is 86.8 cm³/mol. The summed E-state index contributed by atoms with van der Waals surface area (Å²) in [7, 11) is 0. The van der Waals surface area contributed by atoms with Gasteiger partial charge in [-0.2, -0.15) is 10.1 Å².